The Morgan fingerprint density at radius 3 is 1.93 bits per heavy atom. The number of aromatic amines is 2. The van der Waals surface area contributed by atoms with Gasteiger partial charge < -0.3 is 29.8 Å². The van der Waals surface area contributed by atoms with Crippen LogP contribution in [0.2, 0.25) is 0 Å². The van der Waals surface area contributed by atoms with Gasteiger partial charge in [-0.05, 0) is 83.9 Å². The number of alkyl carbamates (subject to hydrolysis) is 1. The van der Waals surface area contributed by atoms with Gasteiger partial charge in [0.05, 0.1) is 43.0 Å². The zero-order valence-electron chi connectivity index (χ0n) is 33.3. The van der Waals surface area contributed by atoms with Gasteiger partial charge in [0.15, 0.2) is 0 Å². The average Bonchev–Trinajstić information content (AvgIpc) is 4.11. The zero-order chi connectivity index (χ0) is 40.2. The Bertz CT molecular complexity index is 2390. The van der Waals surface area contributed by atoms with E-state index >= 15 is 0 Å². The van der Waals surface area contributed by atoms with Crippen LogP contribution in [0.5, 0.6) is 0 Å². The van der Waals surface area contributed by atoms with Gasteiger partial charge in [-0.2, -0.15) is 0 Å². The van der Waals surface area contributed by atoms with Crippen molar-refractivity contribution in [1.82, 2.24) is 40.0 Å². The number of nitrogens with one attached hydrogen (secondary N) is 3. The number of benzene rings is 4. The number of hydrogen-bond acceptors (Lipinski definition) is 7. The number of amides is 3. The van der Waals surface area contributed by atoms with E-state index in [-0.39, 0.29) is 36.5 Å². The van der Waals surface area contributed by atoms with E-state index < -0.39 is 6.09 Å². The van der Waals surface area contributed by atoms with Crippen molar-refractivity contribution >= 4 is 28.7 Å². The summed E-state index contributed by atoms with van der Waals surface area (Å²) in [7, 11) is 1.27. The van der Waals surface area contributed by atoms with E-state index in [1.165, 1.54) is 7.11 Å². The van der Waals surface area contributed by atoms with Gasteiger partial charge in [0.25, 0.3) is 0 Å². The molecule has 4 aromatic carbocycles. The SMILES string of the molecule is CCN(CC)[C@@H](C(=O)N1CCC[C@H]1c1ncc(-c2ccc(-c3ccc4cc(-c5cnc([C@@H]6CCCN6C(=O)CNC(=O)OC)[nH]5)ccc4c3)cc2)[nH]1)c1ccccc1. The molecule has 3 atom stereocenters. The lowest BCUT2D eigenvalue weighted by molar-refractivity contribution is -0.138. The van der Waals surface area contributed by atoms with E-state index in [1.54, 1.807) is 4.90 Å². The van der Waals surface area contributed by atoms with Crippen LogP contribution in [-0.4, -0.2) is 92.4 Å². The summed E-state index contributed by atoms with van der Waals surface area (Å²) in [6, 6.07) is 30.9. The van der Waals surface area contributed by atoms with Crippen molar-refractivity contribution in [2.75, 3.05) is 39.8 Å². The lowest BCUT2D eigenvalue weighted by Crippen LogP contribution is -2.43. The Morgan fingerprint density at radius 1 is 0.741 bits per heavy atom. The summed E-state index contributed by atoms with van der Waals surface area (Å²) in [6.07, 6.45) is 6.57. The Labute approximate surface area is 338 Å². The molecule has 2 saturated heterocycles. The van der Waals surface area contributed by atoms with Crippen LogP contribution in [0.4, 0.5) is 4.79 Å². The first-order valence-electron chi connectivity index (χ1n) is 20.3. The molecule has 12 heteroatoms. The van der Waals surface area contributed by atoms with Gasteiger partial charge in [-0.1, -0.05) is 92.7 Å². The van der Waals surface area contributed by atoms with Crippen LogP contribution in [-0.2, 0) is 14.3 Å². The molecule has 2 aliphatic heterocycles. The second-order valence-electron chi connectivity index (χ2n) is 15.0. The Balaban J connectivity index is 0.942. The number of carbonyl (C=O) groups excluding carboxylic acids is 3. The van der Waals surface area contributed by atoms with Gasteiger partial charge in [-0.3, -0.25) is 14.5 Å². The molecular weight excluding hydrogens is 729 g/mol. The molecule has 0 saturated carbocycles. The Hall–Kier alpha value is -6.27. The number of hydrogen-bond donors (Lipinski definition) is 3. The van der Waals surface area contributed by atoms with Gasteiger partial charge in [-0.15, -0.1) is 0 Å². The van der Waals surface area contributed by atoms with E-state index in [2.05, 4.69) is 117 Å². The summed E-state index contributed by atoms with van der Waals surface area (Å²) in [4.78, 5) is 61.1. The van der Waals surface area contributed by atoms with Crippen molar-refractivity contribution < 1.29 is 19.1 Å². The van der Waals surface area contributed by atoms with Crippen LogP contribution < -0.4 is 5.32 Å². The van der Waals surface area contributed by atoms with E-state index in [0.29, 0.717) is 6.54 Å². The van der Waals surface area contributed by atoms with Crippen molar-refractivity contribution in [2.45, 2.75) is 57.7 Å². The summed E-state index contributed by atoms with van der Waals surface area (Å²) in [6.45, 7) is 7.03. The molecule has 0 aliphatic carbocycles. The fourth-order valence-electron chi connectivity index (χ4n) is 8.62. The third-order valence-electron chi connectivity index (χ3n) is 11.7. The molecule has 58 heavy (non-hydrogen) atoms. The van der Waals surface area contributed by atoms with Crippen LogP contribution >= 0.6 is 0 Å². The molecule has 3 N–H and O–H groups in total. The molecular formula is C46H50N8O4. The highest BCUT2D eigenvalue weighted by Gasteiger charge is 2.38. The lowest BCUT2D eigenvalue weighted by atomic mass is 9.98. The molecule has 2 aromatic heterocycles. The van der Waals surface area contributed by atoms with E-state index in [4.69, 9.17) is 4.98 Å². The average molecular weight is 779 g/mol. The van der Waals surface area contributed by atoms with Crippen LogP contribution in [0, 0.1) is 0 Å². The van der Waals surface area contributed by atoms with E-state index in [9.17, 15) is 14.4 Å². The topological polar surface area (TPSA) is 140 Å². The second kappa shape index (κ2) is 17.1. The minimum atomic E-state index is -0.628. The number of rotatable bonds is 12. The fourth-order valence-corrected chi connectivity index (χ4v) is 8.62. The fraction of sp³-hybridized carbons (Fsp3) is 0.326. The van der Waals surface area contributed by atoms with Crippen molar-refractivity contribution in [3.05, 3.63) is 121 Å². The maximum absolute atomic E-state index is 14.2. The third kappa shape index (κ3) is 7.84. The van der Waals surface area contributed by atoms with Gasteiger partial charge in [0, 0.05) is 18.7 Å². The van der Waals surface area contributed by atoms with Crippen molar-refractivity contribution in [2.24, 2.45) is 0 Å². The molecule has 12 nitrogen and oxygen atoms in total. The largest absolute Gasteiger partial charge is 0.453 e. The molecule has 3 amide bonds. The highest BCUT2D eigenvalue weighted by molar-refractivity contribution is 5.91. The van der Waals surface area contributed by atoms with Crippen molar-refractivity contribution in [3.63, 3.8) is 0 Å². The van der Waals surface area contributed by atoms with Crippen LogP contribution in [0.15, 0.2) is 103 Å². The van der Waals surface area contributed by atoms with Gasteiger partial charge in [-0.25, -0.2) is 14.8 Å². The molecule has 2 aliphatic rings. The van der Waals surface area contributed by atoms with Gasteiger partial charge >= 0.3 is 6.09 Å². The monoisotopic (exact) mass is 778 g/mol. The number of fused-ring (bicyclic) bond motifs is 1. The summed E-state index contributed by atoms with van der Waals surface area (Å²) in [5.74, 6) is 1.54. The number of aromatic nitrogens is 4. The second-order valence-corrected chi connectivity index (χ2v) is 15.0. The van der Waals surface area contributed by atoms with E-state index in [1.807, 2.05) is 35.5 Å². The van der Waals surface area contributed by atoms with Crippen molar-refractivity contribution in [3.8, 4) is 33.6 Å². The molecule has 0 unspecified atom stereocenters. The summed E-state index contributed by atoms with van der Waals surface area (Å²) < 4.78 is 4.60. The number of methoxy groups -OCH3 is 1. The van der Waals surface area contributed by atoms with Gasteiger partial charge in [0.2, 0.25) is 11.8 Å². The number of H-pyrrole nitrogens is 2. The predicted molar refractivity (Wildman–Crippen MR) is 224 cm³/mol. The first kappa shape index (κ1) is 38.6. The number of carbonyl (C=O) groups is 3. The lowest BCUT2D eigenvalue weighted by Gasteiger charge is -2.34. The van der Waals surface area contributed by atoms with Crippen LogP contribution in [0.1, 0.15) is 74.9 Å². The smallest absolute Gasteiger partial charge is 0.407 e. The molecule has 0 spiro atoms. The quantitative estimate of drug-likeness (QED) is 0.114. The minimum Gasteiger partial charge on any atom is -0.453 e. The molecule has 2 fully saturated rings. The van der Waals surface area contributed by atoms with Crippen LogP contribution in [0.25, 0.3) is 44.4 Å². The molecule has 298 valence electrons. The first-order chi connectivity index (χ1) is 28.3. The highest BCUT2D eigenvalue weighted by Crippen LogP contribution is 2.37. The summed E-state index contributed by atoms with van der Waals surface area (Å²) in [5.41, 5.74) is 7.12. The first-order valence-corrected chi connectivity index (χ1v) is 20.3. The van der Waals surface area contributed by atoms with Crippen LogP contribution in [0.3, 0.4) is 0 Å². The minimum absolute atomic E-state index is 0.0905. The van der Waals surface area contributed by atoms with Crippen molar-refractivity contribution in [1.29, 1.82) is 0 Å². The maximum atomic E-state index is 14.2. The number of nitrogens with zero attached hydrogens (tertiary/aromatic N) is 5. The normalized spacial score (nSPS) is 17.2. The maximum Gasteiger partial charge on any atom is 0.407 e. The van der Waals surface area contributed by atoms with Gasteiger partial charge in [0.1, 0.15) is 24.2 Å². The molecule has 0 radical (unpaired) electrons. The third-order valence-corrected chi connectivity index (χ3v) is 11.7. The number of imidazole rings is 2. The number of likely N-dealkylation sites (tertiary alicyclic amines) is 2. The predicted octanol–water partition coefficient (Wildman–Crippen LogP) is 8.05. The summed E-state index contributed by atoms with van der Waals surface area (Å²) in [5, 5.41) is 4.71. The highest BCUT2D eigenvalue weighted by atomic mass is 16.5. The molecule has 8 rings (SSSR count). The Kier molecular flexibility index (Phi) is 11.4. The molecule has 0 bridgehead atoms. The molecule has 6 aromatic rings. The Morgan fingerprint density at radius 2 is 1.29 bits per heavy atom. The number of ether oxygens (including phenoxy) is 1. The van der Waals surface area contributed by atoms with E-state index in [0.717, 1.165) is 107 Å². The molecule has 4 heterocycles. The standard InChI is InChI=1S/C46H50N8O4/c1-4-52(5-2)42(32-11-7-6-8-12-32)45(56)54-24-10-14-40(54)44-47-27-37(50-44)31-17-15-30(16-18-31)33-19-20-35-26-36(22-21-34(35)25-33)38-28-48-43(51-38)39-13-9-23-53(39)41(55)29-49-46(57)58-3/h6-8,11-12,15-22,25-28,39-40,42H,4-5,9-10,13-14,23-24,29H2,1-3H3,(H,47,50)(H,48,51)(H,49,57)/t39-,40-,42+/m0/s1. The number of likely N-dealkylation sites (N-methyl/N-ethyl adjacent to an activating group) is 1. The summed E-state index contributed by atoms with van der Waals surface area (Å²) >= 11 is 0. The zero-order valence-corrected chi connectivity index (χ0v) is 33.3.